The highest BCUT2D eigenvalue weighted by molar-refractivity contribution is 6.00. The van der Waals surface area contributed by atoms with Crippen LogP contribution in [0.15, 0.2) is 42.6 Å². The molecule has 0 saturated carbocycles. The van der Waals surface area contributed by atoms with E-state index in [1.807, 2.05) is 0 Å². The van der Waals surface area contributed by atoms with Crippen molar-refractivity contribution < 1.29 is 36.3 Å². The van der Waals surface area contributed by atoms with Crippen LogP contribution in [0.5, 0.6) is 5.75 Å². The number of ether oxygens (including phenoxy) is 1. The van der Waals surface area contributed by atoms with E-state index in [0.717, 1.165) is 10.7 Å². The van der Waals surface area contributed by atoms with Gasteiger partial charge in [0.15, 0.2) is 0 Å². The number of hydrogen-bond donors (Lipinski definition) is 1. The van der Waals surface area contributed by atoms with E-state index < -0.39 is 48.6 Å². The second-order valence-corrected chi connectivity index (χ2v) is 8.23. The number of nitrogens with one attached hydrogen (secondary N) is 1. The van der Waals surface area contributed by atoms with Gasteiger partial charge in [0, 0.05) is 30.0 Å². The summed E-state index contributed by atoms with van der Waals surface area (Å²) in [4.78, 5) is 26.3. The van der Waals surface area contributed by atoms with Crippen molar-refractivity contribution in [3.8, 4) is 5.75 Å². The average molecular weight is 496 g/mol. The molecule has 2 aromatic carbocycles. The average Bonchev–Trinajstić information content (AvgIpc) is 3.32. The summed E-state index contributed by atoms with van der Waals surface area (Å²) in [6, 6.07) is 5.89. The summed E-state index contributed by atoms with van der Waals surface area (Å²) >= 11 is 0. The number of anilines is 1. The largest absolute Gasteiger partial charge is 0.497 e. The molecule has 7 nitrogen and oxygen atoms in total. The first-order chi connectivity index (χ1) is 16.5. The maximum absolute atomic E-state index is 15.0. The number of fused-ring (bicyclic) bond motifs is 1. The van der Waals surface area contributed by atoms with Crippen LogP contribution in [0.4, 0.5) is 27.6 Å². The lowest BCUT2D eigenvalue weighted by molar-refractivity contribution is -0.143. The fraction of sp³-hybridized carbons (Fsp3) is 0.348. The fourth-order valence-electron chi connectivity index (χ4n) is 4.19. The van der Waals surface area contributed by atoms with Gasteiger partial charge in [0.25, 0.3) is 12.3 Å². The molecule has 12 heteroatoms. The van der Waals surface area contributed by atoms with Gasteiger partial charge in [-0.2, -0.15) is 13.9 Å². The van der Waals surface area contributed by atoms with Gasteiger partial charge in [0.1, 0.15) is 18.1 Å². The number of rotatable bonds is 7. The van der Waals surface area contributed by atoms with Crippen LogP contribution >= 0.6 is 0 Å². The maximum Gasteiger partial charge on any atom is 0.321 e. The number of amides is 2. The van der Waals surface area contributed by atoms with Crippen molar-refractivity contribution >= 4 is 28.4 Å². The lowest BCUT2D eigenvalue weighted by Gasteiger charge is -2.30. The molecule has 0 bridgehead atoms. The van der Waals surface area contributed by atoms with Gasteiger partial charge in [-0.3, -0.25) is 14.3 Å². The third kappa shape index (κ3) is 4.77. The number of methoxy groups -OCH3 is 1. The normalized spacial score (nSPS) is 18.5. The lowest BCUT2D eigenvalue weighted by Crippen LogP contribution is -2.46. The van der Waals surface area contributed by atoms with Gasteiger partial charge in [0.2, 0.25) is 5.91 Å². The summed E-state index contributed by atoms with van der Waals surface area (Å²) < 4.78 is 74.1. The first-order valence-electron chi connectivity index (χ1n) is 10.6. The molecule has 2 heterocycles. The van der Waals surface area contributed by atoms with Gasteiger partial charge < -0.3 is 15.0 Å². The number of halogens is 5. The molecule has 35 heavy (non-hydrogen) atoms. The van der Waals surface area contributed by atoms with Gasteiger partial charge in [-0.1, -0.05) is 0 Å². The van der Waals surface area contributed by atoms with E-state index >= 15 is 0 Å². The third-order valence-corrected chi connectivity index (χ3v) is 5.77. The minimum atomic E-state index is -3.72. The van der Waals surface area contributed by atoms with Gasteiger partial charge in [0.05, 0.1) is 30.9 Å². The molecule has 0 unspecified atom stereocenters. The van der Waals surface area contributed by atoms with Gasteiger partial charge in [-0.05, 0) is 36.4 Å². The number of benzene rings is 2. The van der Waals surface area contributed by atoms with E-state index in [0.29, 0.717) is 17.8 Å². The van der Waals surface area contributed by atoms with Crippen LogP contribution in [0.3, 0.4) is 0 Å². The minimum Gasteiger partial charge on any atom is -0.497 e. The number of carbonyl (C=O) groups excluding carboxylic acids is 2. The second kappa shape index (κ2) is 9.16. The van der Waals surface area contributed by atoms with Gasteiger partial charge in [-0.25, -0.2) is 13.2 Å². The Balaban J connectivity index is 1.79. The van der Waals surface area contributed by atoms with Gasteiger partial charge in [-0.15, -0.1) is 0 Å². The van der Waals surface area contributed by atoms with E-state index in [9.17, 15) is 31.5 Å². The first-order valence-corrected chi connectivity index (χ1v) is 10.6. The number of nitrogens with zero attached hydrogens (tertiary/aromatic N) is 3. The highest BCUT2D eigenvalue weighted by Gasteiger charge is 2.46. The van der Waals surface area contributed by atoms with Crippen LogP contribution in [-0.4, -0.2) is 47.1 Å². The Morgan fingerprint density at radius 2 is 2.00 bits per heavy atom. The van der Waals surface area contributed by atoms with E-state index in [-0.39, 0.29) is 23.4 Å². The highest BCUT2D eigenvalue weighted by Crippen LogP contribution is 2.40. The Bertz CT molecular complexity index is 1270. The van der Waals surface area contributed by atoms with Crippen LogP contribution in [-0.2, 0) is 16.1 Å². The Morgan fingerprint density at radius 3 is 2.66 bits per heavy atom. The quantitative estimate of drug-likeness (QED) is 0.501. The molecule has 2 atom stereocenters. The monoisotopic (exact) mass is 496 g/mol. The summed E-state index contributed by atoms with van der Waals surface area (Å²) in [6.07, 6.45) is -1.65. The summed E-state index contributed by atoms with van der Waals surface area (Å²) in [6.45, 7) is -0.203. The first kappa shape index (κ1) is 24.4. The lowest BCUT2D eigenvalue weighted by atomic mass is 9.98. The number of hydrogen-bond acceptors (Lipinski definition) is 4. The zero-order chi connectivity index (χ0) is 25.5. The van der Waals surface area contributed by atoms with E-state index in [2.05, 4.69) is 10.4 Å². The highest BCUT2D eigenvalue weighted by atomic mass is 19.3. The molecule has 2 amide bonds. The van der Waals surface area contributed by atoms with Crippen LogP contribution < -0.4 is 15.0 Å². The minimum absolute atomic E-state index is 0.0478. The molecule has 1 aliphatic rings. The van der Waals surface area contributed by atoms with E-state index in [1.165, 1.54) is 48.5 Å². The van der Waals surface area contributed by atoms with Crippen LogP contribution in [0.1, 0.15) is 24.9 Å². The summed E-state index contributed by atoms with van der Waals surface area (Å²) in [5, 5.41) is 6.54. The Labute approximate surface area is 196 Å². The fourth-order valence-corrected chi connectivity index (χ4v) is 4.19. The zero-order valence-corrected chi connectivity index (χ0v) is 18.6. The molecule has 186 valence electrons. The van der Waals surface area contributed by atoms with Gasteiger partial charge >= 0.3 is 5.92 Å². The number of carbonyl (C=O) groups is 2. The Kier molecular flexibility index (Phi) is 6.39. The molecular formula is C23H21F5N4O3. The topological polar surface area (TPSA) is 76.5 Å². The summed E-state index contributed by atoms with van der Waals surface area (Å²) in [7, 11) is 1.36. The summed E-state index contributed by atoms with van der Waals surface area (Å²) in [5.41, 5.74) is 0.597. The molecule has 4 rings (SSSR count). The second-order valence-electron chi connectivity index (χ2n) is 8.23. The molecule has 1 aliphatic heterocycles. The molecular weight excluding hydrogens is 475 g/mol. The van der Waals surface area contributed by atoms with Crippen molar-refractivity contribution in [1.82, 2.24) is 15.1 Å². The van der Waals surface area contributed by atoms with Crippen molar-refractivity contribution in [1.29, 1.82) is 0 Å². The molecule has 0 aliphatic carbocycles. The van der Waals surface area contributed by atoms with Crippen molar-refractivity contribution in [3.63, 3.8) is 0 Å². The van der Waals surface area contributed by atoms with Crippen molar-refractivity contribution in [2.45, 2.75) is 44.3 Å². The van der Waals surface area contributed by atoms with Crippen molar-refractivity contribution in [2.75, 3.05) is 12.0 Å². The molecule has 1 saturated heterocycles. The maximum atomic E-state index is 15.0. The number of aromatic nitrogens is 2. The standard InChI is InChI=1S/C23H21F5N4O3/c1-23(27,28)22(34)30-17-9-20(33)32(21(17)15-8-14(35-2)4-5-16(15)24)13-3-6-18-12(7-13)10-29-31(18)11-19(25)26/h3-8,10,17,19,21H,9,11H2,1-2H3,(H,30,34)/t17-,21+/m0/s1. The Hall–Kier alpha value is -3.70. The number of alkyl halides is 4. The van der Waals surface area contributed by atoms with Crippen molar-refractivity contribution in [2.24, 2.45) is 0 Å². The summed E-state index contributed by atoms with van der Waals surface area (Å²) in [5.74, 6) is -6.35. The third-order valence-electron chi connectivity index (χ3n) is 5.77. The molecule has 1 N–H and O–H groups in total. The SMILES string of the molecule is COc1ccc(F)c([C@@H]2[C@@H](NC(=O)C(C)(F)F)CC(=O)N2c2ccc3c(cnn3CC(F)F)c2)c1. The predicted molar refractivity (Wildman–Crippen MR) is 116 cm³/mol. The van der Waals surface area contributed by atoms with Crippen LogP contribution in [0.25, 0.3) is 10.9 Å². The van der Waals surface area contributed by atoms with Crippen molar-refractivity contribution in [3.05, 3.63) is 54.0 Å². The van der Waals surface area contributed by atoms with E-state index in [1.54, 1.807) is 0 Å². The van der Waals surface area contributed by atoms with Crippen LogP contribution in [0.2, 0.25) is 0 Å². The molecule has 3 aromatic rings. The smallest absolute Gasteiger partial charge is 0.321 e. The molecule has 1 fully saturated rings. The zero-order valence-electron chi connectivity index (χ0n) is 18.6. The Morgan fingerprint density at radius 1 is 1.26 bits per heavy atom. The van der Waals surface area contributed by atoms with E-state index in [4.69, 9.17) is 4.74 Å². The predicted octanol–water partition coefficient (Wildman–Crippen LogP) is 4.07. The van der Waals surface area contributed by atoms with Crippen LogP contribution in [0, 0.1) is 5.82 Å². The molecule has 0 radical (unpaired) electrons. The molecule has 1 aromatic heterocycles. The molecule has 0 spiro atoms.